The summed E-state index contributed by atoms with van der Waals surface area (Å²) in [6.45, 7) is 9.76. The molecule has 0 bridgehead atoms. The Morgan fingerprint density at radius 2 is 1.60 bits per heavy atom. The fraction of sp³-hybridized carbons (Fsp3) is 0.250. The Labute approximate surface area is 147 Å². The number of carbonyl (C=O) groups is 1. The van der Waals surface area contributed by atoms with Gasteiger partial charge in [-0.2, -0.15) is 5.10 Å². The maximum absolute atomic E-state index is 12.7. The molecule has 0 spiro atoms. The van der Waals surface area contributed by atoms with Crippen molar-refractivity contribution >= 4 is 11.7 Å². The Morgan fingerprint density at radius 3 is 2.24 bits per heavy atom. The first-order valence-corrected chi connectivity index (χ1v) is 8.24. The van der Waals surface area contributed by atoms with E-state index in [2.05, 4.69) is 21.5 Å². The molecule has 2 aromatic heterocycles. The molecular weight excluding hydrogens is 312 g/mol. The average molecular weight is 334 g/mol. The van der Waals surface area contributed by atoms with E-state index in [9.17, 15) is 4.79 Å². The van der Waals surface area contributed by atoms with Crippen LogP contribution in [0.1, 0.15) is 38.6 Å². The van der Waals surface area contributed by atoms with Gasteiger partial charge in [-0.25, -0.2) is 4.68 Å². The number of aryl methyl sites for hydroxylation is 5. The van der Waals surface area contributed by atoms with Crippen LogP contribution in [0, 0.1) is 34.6 Å². The Bertz CT molecular complexity index is 936. The second-order valence-electron chi connectivity index (χ2n) is 6.47. The van der Waals surface area contributed by atoms with Gasteiger partial charge in [0.25, 0.3) is 5.91 Å². The van der Waals surface area contributed by atoms with Gasteiger partial charge in [-0.1, -0.05) is 6.07 Å². The third-order valence-corrected chi connectivity index (χ3v) is 3.99. The Hall–Kier alpha value is -2.95. The molecule has 0 radical (unpaired) electrons. The first kappa shape index (κ1) is 16.9. The van der Waals surface area contributed by atoms with Gasteiger partial charge in [0, 0.05) is 11.8 Å². The number of anilines is 1. The van der Waals surface area contributed by atoms with E-state index >= 15 is 0 Å². The van der Waals surface area contributed by atoms with Crippen LogP contribution in [-0.4, -0.2) is 20.7 Å². The number of aromatic nitrogens is 3. The van der Waals surface area contributed by atoms with Crippen molar-refractivity contribution in [1.82, 2.24) is 14.8 Å². The Morgan fingerprint density at radius 1 is 0.920 bits per heavy atom. The lowest BCUT2D eigenvalue weighted by Crippen LogP contribution is -2.17. The first-order chi connectivity index (χ1) is 11.8. The summed E-state index contributed by atoms with van der Waals surface area (Å²) >= 11 is 0. The largest absolute Gasteiger partial charge is 0.306 e. The van der Waals surface area contributed by atoms with E-state index < -0.39 is 0 Å². The molecule has 0 fully saturated rings. The number of hydrogen-bond donors (Lipinski definition) is 1. The van der Waals surface area contributed by atoms with Crippen LogP contribution < -0.4 is 5.32 Å². The van der Waals surface area contributed by atoms with E-state index in [1.165, 1.54) is 0 Å². The third-order valence-electron chi connectivity index (χ3n) is 3.99. The fourth-order valence-electron chi connectivity index (χ4n) is 2.97. The second-order valence-corrected chi connectivity index (χ2v) is 6.47. The molecule has 3 aromatic rings. The van der Waals surface area contributed by atoms with Gasteiger partial charge in [-0.3, -0.25) is 9.78 Å². The zero-order chi connectivity index (χ0) is 18.1. The van der Waals surface area contributed by atoms with Crippen molar-refractivity contribution in [2.24, 2.45) is 0 Å². The maximum Gasteiger partial charge on any atom is 0.258 e. The minimum atomic E-state index is -0.185. The number of rotatable bonds is 3. The molecule has 2 heterocycles. The zero-order valence-electron chi connectivity index (χ0n) is 15.2. The molecule has 5 heteroatoms. The van der Waals surface area contributed by atoms with Crippen molar-refractivity contribution in [2.75, 3.05) is 5.32 Å². The van der Waals surface area contributed by atoms with E-state index in [0.29, 0.717) is 17.1 Å². The number of pyridine rings is 1. The topological polar surface area (TPSA) is 59.8 Å². The van der Waals surface area contributed by atoms with Crippen LogP contribution in [0.15, 0.2) is 36.4 Å². The molecule has 0 aliphatic carbocycles. The van der Waals surface area contributed by atoms with Gasteiger partial charge in [0.15, 0.2) is 0 Å². The third kappa shape index (κ3) is 3.60. The molecule has 5 nitrogen and oxygen atoms in total. The summed E-state index contributed by atoms with van der Waals surface area (Å²) < 4.78 is 1.77. The van der Waals surface area contributed by atoms with Gasteiger partial charge in [0.2, 0.25) is 0 Å². The molecule has 0 aliphatic heterocycles. The highest BCUT2D eigenvalue weighted by Gasteiger charge is 2.15. The molecule has 1 amide bonds. The fourth-order valence-corrected chi connectivity index (χ4v) is 2.97. The SMILES string of the molecule is Cc1cc(C)cc(-n2nc(C)cc2NC(=O)c2ccc(C)nc2C)c1. The number of nitrogens with one attached hydrogen (secondary N) is 1. The molecule has 3 rings (SSSR count). The van der Waals surface area contributed by atoms with E-state index in [-0.39, 0.29) is 5.91 Å². The van der Waals surface area contributed by atoms with Crippen LogP contribution in [0.3, 0.4) is 0 Å². The molecule has 1 aromatic carbocycles. The number of nitrogens with zero attached hydrogens (tertiary/aromatic N) is 3. The normalized spacial score (nSPS) is 10.8. The Balaban J connectivity index is 1.97. The zero-order valence-corrected chi connectivity index (χ0v) is 15.2. The van der Waals surface area contributed by atoms with Crippen LogP contribution in [0.2, 0.25) is 0 Å². The summed E-state index contributed by atoms with van der Waals surface area (Å²) in [5, 5.41) is 7.50. The van der Waals surface area contributed by atoms with Crippen LogP contribution in [-0.2, 0) is 0 Å². The number of carbonyl (C=O) groups excluding carboxylic acids is 1. The van der Waals surface area contributed by atoms with Crippen molar-refractivity contribution in [2.45, 2.75) is 34.6 Å². The number of benzene rings is 1. The predicted molar refractivity (Wildman–Crippen MR) is 99.4 cm³/mol. The summed E-state index contributed by atoms with van der Waals surface area (Å²) in [7, 11) is 0. The van der Waals surface area contributed by atoms with E-state index in [4.69, 9.17) is 0 Å². The molecule has 0 unspecified atom stereocenters. The molecule has 1 N–H and O–H groups in total. The van der Waals surface area contributed by atoms with Crippen molar-refractivity contribution in [1.29, 1.82) is 0 Å². The van der Waals surface area contributed by atoms with Crippen molar-refractivity contribution in [3.63, 3.8) is 0 Å². The highest BCUT2D eigenvalue weighted by atomic mass is 16.1. The Kier molecular flexibility index (Phi) is 4.40. The van der Waals surface area contributed by atoms with Crippen molar-refractivity contribution < 1.29 is 4.79 Å². The highest BCUT2D eigenvalue weighted by Crippen LogP contribution is 2.20. The lowest BCUT2D eigenvalue weighted by molar-refractivity contribution is 0.102. The van der Waals surface area contributed by atoms with Crippen molar-refractivity contribution in [3.05, 3.63) is 70.2 Å². The van der Waals surface area contributed by atoms with Crippen LogP contribution in [0.5, 0.6) is 0 Å². The summed E-state index contributed by atoms with van der Waals surface area (Å²) in [6, 6.07) is 11.7. The quantitative estimate of drug-likeness (QED) is 0.786. The van der Waals surface area contributed by atoms with E-state index in [1.807, 2.05) is 58.9 Å². The van der Waals surface area contributed by atoms with E-state index in [1.54, 1.807) is 10.7 Å². The van der Waals surface area contributed by atoms with Gasteiger partial charge < -0.3 is 5.32 Å². The number of amides is 1. The van der Waals surface area contributed by atoms with Gasteiger partial charge in [0.1, 0.15) is 5.82 Å². The van der Waals surface area contributed by atoms with Crippen LogP contribution in [0.25, 0.3) is 5.69 Å². The van der Waals surface area contributed by atoms with E-state index in [0.717, 1.165) is 28.2 Å². The molecule has 25 heavy (non-hydrogen) atoms. The molecule has 0 saturated carbocycles. The second kappa shape index (κ2) is 6.51. The van der Waals surface area contributed by atoms with Crippen molar-refractivity contribution in [3.8, 4) is 5.69 Å². The van der Waals surface area contributed by atoms with Gasteiger partial charge in [0.05, 0.1) is 22.6 Å². The summed E-state index contributed by atoms with van der Waals surface area (Å²) in [5.74, 6) is 0.461. The van der Waals surface area contributed by atoms with Gasteiger partial charge in [-0.05, 0) is 70.0 Å². The summed E-state index contributed by atoms with van der Waals surface area (Å²) in [6.07, 6.45) is 0. The minimum Gasteiger partial charge on any atom is -0.306 e. The lowest BCUT2D eigenvalue weighted by atomic mass is 10.1. The molecule has 128 valence electrons. The smallest absolute Gasteiger partial charge is 0.258 e. The molecular formula is C20H22N4O. The molecule has 0 atom stereocenters. The molecule has 0 saturated heterocycles. The summed E-state index contributed by atoms with van der Waals surface area (Å²) in [5.41, 5.74) is 6.25. The maximum atomic E-state index is 12.7. The van der Waals surface area contributed by atoms with Gasteiger partial charge >= 0.3 is 0 Å². The predicted octanol–water partition coefficient (Wildman–Crippen LogP) is 4.06. The average Bonchev–Trinajstić information content (AvgIpc) is 2.86. The standard InChI is InChI=1S/C20H22N4O/c1-12-8-13(2)10-17(9-12)24-19(11-15(4)23-24)22-20(25)18-7-6-14(3)21-16(18)5/h6-11H,1-5H3,(H,22,25). The lowest BCUT2D eigenvalue weighted by Gasteiger charge is -2.11. The highest BCUT2D eigenvalue weighted by molar-refractivity contribution is 6.04. The monoisotopic (exact) mass is 334 g/mol. The number of hydrogen-bond acceptors (Lipinski definition) is 3. The minimum absolute atomic E-state index is 0.185. The van der Waals surface area contributed by atoms with Gasteiger partial charge in [-0.15, -0.1) is 0 Å². The summed E-state index contributed by atoms with van der Waals surface area (Å²) in [4.78, 5) is 17.0. The van der Waals surface area contributed by atoms with Crippen LogP contribution in [0.4, 0.5) is 5.82 Å². The first-order valence-electron chi connectivity index (χ1n) is 8.24. The molecule has 0 aliphatic rings. The van der Waals surface area contributed by atoms with Crippen LogP contribution >= 0.6 is 0 Å².